The number of Topliss-reactive ketones (excluding diaryl/α,β-unsaturated/α-hetero) is 1. The molecule has 0 radical (unpaired) electrons. The molecule has 1 aliphatic heterocycles. The second-order valence-corrected chi connectivity index (χ2v) is 10.3. The van der Waals surface area contributed by atoms with E-state index >= 15 is 0 Å². The molecule has 5 nitrogen and oxygen atoms in total. The number of piperidine rings is 1. The van der Waals surface area contributed by atoms with Gasteiger partial charge in [-0.3, -0.25) is 9.89 Å². The number of aromatic nitrogens is 2. The third-order valence-electron chi connectivity index (χ3n) is 6.10. The highest BCUT2D eigenvalue weighted by atomic mass is 16.5. The van der Waals surface area contributed by atoms with Crippen LogP contribution in [0.3, 0.4) is 0 Å². The summed E-state index contributed by atoms with van der Waals surface area (Å²) in [5, 5.41) is 10.5. The Kier molecular flexibility index (Phi) is 6.20. The van der Waals surface area contributed by atoms with Crippen molar-refractivity contribution in [1.82, 2.24) is 15.5 Å². The zero-order valence-electron chi connectivity index (χ0n) is 19.4. The highest BCUT2D eigenvalue weighted by Gasteiger charge is 2.38. The number of aromatic amines is 1. The van der Waals surface area contributed by atoms with E-state index in [1.54, 1.807) is 6.20 Å². The van der Waals surface area contributed by atoms with Gasteiger partial charge in [0.15, 0.2) is 5.78 Å². The molecule has 2 aromatic carbocycles. The number of ether oxygens (including phenoxy) is 1. The van der Waals surface area contributed by atoms with Gasteiger partial charge in [0.1, 0.15) is 12.4 Å². The lowest BCUT2D eigenvalue weighted by molar-refractivity contribution is 0.0864. The molecule has 0 atom stereocenters. The lowest BCUT2D eigenvalue weighted by Gasteiger charge is -2.46. The van der Waals surface area contributed by atoms with Gasteiger partial charge in [0.2, 0.25) is 0 Å². The van der Waals surface area contributed by atoms with Gasteiger partial charge in [-0.15, -0.1) is 0 Å². The Morgan fingerprint density at radius 3 is 2.41 bits per heavy atom. The van der Waals surface area contributed by atoms with Gasteiger partial charge in [0, 0.05) is 34.8 Å². The first kappa shape index (κ1) is 22.3. The smallest absolute Gasteiger partial charge is 0.163 e. The fraction of sp³-hybridized carbons (Fsp3) is 0.407. The molecule has 1 aromatic heterocycles. The van der Waals surface area contributed by atoms with Crippen molar-refractivity contribution < 1.29 is 9.53 Å². The summed E-state index contributed by atoms with van der Waals surface area (Å²) in [7, 11) is 0. The van der Waals surface area contributed by atoms with E-state index < -0.39 is 0 Å². The molecule has 1 aliphatic rings. The van der Waals surface area contributed by atoms with E-state index in [9.17, 15) is 4.79 Å². The molecule has 0 saturated carbocycles. The summed E-state index contributed by atoms with van der Waals surface area (Å²) < 4.78 is 5.98. The maximum atomic E-state index is 12.9. The number of nitrogens with one attached hydrogen (secondary N) is 2. The van der Waals surface area contributed by atoms with Crippen LogP contribution >= 0.6 is 0 Å². The molecule has 2 N–H and O–H groups in total. The fourth-order valence-electron chi connectivity index (χ4n) is 5.19. The van der Waals surface area contributed by atoms with Crippen molar-refractivity contribution in [3.05, 3.63) is 72.1 Å². The molecule has 2 heterocycles. The normalized spacial score (nSPS) is 17.8. The van der Waals surface area contributed by atoms with Gasteiger partial charge < -0.3 is 10.1 Å². The van der Waals surface area contributed by atoms with Crippen molar-refractivity contribution in [3.63, 3.8) is 0 Å². The zero-order chi connectivity index (χ0) is 22.8. The van der Waals surface area contributed by atoms with E-state index in [-0.39, 0.29) is 16.9 Å². The summed E-state index contributed by atoms with van der Waals surface area (Å²) in [5.74, 6) is 1.43. The van der Waals surface area contributed by atoms with Crippen molar-refractivity contribution in [3.8, 4) is 16.9 Å². The maximum absolute atomic E-state index is 12.9. The average molecular weight is 432 g/mol. The van der Waals surface area contributed by atoms with Crippen LogP contribution in [0, 0.1) is 5.92 Å². The first-order valence-electron chi connectivity index (χ1n) is 11.3. The molecule has 168 valence electrons. The Morgan fingerprint density at radius 2 is 1.75 bits per heavy atom. The van der Waals surface area contributed by atoms with E-state index in [0.717, 1.165) is 40.8 Å². The minimum Gasteiger partial charge on any atom is -0.489 e. The summed E-state index contributed by atoms with van der Waals surface area (Å²) >= 11 is 0. The number of H-pyrrole nitrogens is 1. The summed E-state index contributed by atoms with van der Waals surface area (Å²) in [4.78, 5) is 12.9. The van der Waals surface area contributed by atoms with Gasteiger partial charge in [-0.25, -0.2) is 0 Å². The average Bonchev–Trinajstić information content (AvgIpc) is 3.25. The summed E-state index contributed by atoms with van der Waals surface area (Å²) in [6, 6.07) is 15.8. The third-order valence-corrected chi connectivity index (χ3v) is 6.10. The van der Waals surface area contributed by atoms with Crippen molar-refractivity contribution >= 4 is 5.78 Å². The topological polar surface area (TPSA) is 67.0 Å². The Labute approximate surface area is 190 Å². The molecule has 4 rings (SSSR count). The van der Waals surface area contributed by atoms with Crippen LogP contribution in [0.25, 0.3) is 11.1 Å². The number of ketones is 1. The Morgan fingerprint density at radius 1 is 1.03 bits per heavy atom. The molecule has 32 heavy (non-hydrogen) atoms. The van der Waals surface area contributed by atoms with Gasteiger partial charge in [-0.2, -0.15) is 5.10 Å². The van der Waals surface area contributed by atoms with Crippen molar-refractivity contribution in [2.24, 2.45) is 5.92 Å². The van der Waals surface area contributed by atoms with Crippen LogP contribution in [-0.2, 0) is 6.61 Å². The minimum absolute atomic E-state index is 0.0583. The predicted octanol–water partition coefficient (Wildman–Crippen LogP) is 5.79. The summed E-state index contributed by atoms with van der Waals surface area (Å²) in [6.45, 7) is 9.37. The minimum atomic E-state index is 0.0583. The van der Waals surface area contributed by atoms with E-state index in [2.05, 4.69) is 43.2 Å². The van der Waals surface area contributed by atoms with E-state index in [0.29, 0.717) is 18.9 Å². The molecule has 1 saturated heterocycles. The molecular formula is C27H33N3O2. The number of nitrogens with zero attached hydrogens (tertiary/aromatic N) is 1. The molecule has 0 bridgehead atoms. The molecule has 0 unspecified atom stereocenters. The van der Waals surface area contributed by atoms with E-state index in [4.69, 9.17) is 4.74 Å². The molecule has 3 aromatic rings. The second-order valence-electron chi connectivity index (χ2n) is 10.3. The quantitative estimate of drug-likeness (QED) is 0.465. The van der Waals surface area contributed by atoms with Crippen LogP contribution in [0.5, 0.6) is 5.75 Å². The Bertz CT molecular complexity index is 1040. The standard InChI is InChI=1S/C27H33N3O2/c1-26(2)14-20(15-27(3,4)30-26)12-25(31)21-10-8-19(9-11-21)18-32-24-7-5-6-22(13-24)23-16-28-29-17-23/h5-11,13,16-17,20,30H,12,14-15,18H2,1-4H3,(H,28,29). The van der Waals surface area contributed by atoms with Gasteiger partial charge in [0.25, 0.3) is 0 Å². The van der Waals surface area contributed by atoms with Crippen LogP contribution < -0.4 is 10.1 Å². The highest BCUT2D eigenvalue weighted by Crippen LogP contribution is 2.35. The van der Waals surface area contributed by atoms with Crippen LogP contribution in [0.15, 0.2) is 60.9 Å². The van der Waals surface area contributed by atoms with Gasteiger partial charge in [-0.1, -0.05) is 36.4 Å². The first-order chi connectivity index (χ1) is 15.2. The van der Waals surface area contributed by atoms with Crippen molar-refractivity contribution in [1.29, 1.82) is 0 Å². The highest BCUT2D eigenvalue weighted by molar-refractivity contribution is 5.96. The maximum Gasteiger partial charge on any atom is 0.163 e. The second kappa shape index (κ2) is 8.91. The van der Waals surface area contributed by atoms with Crippen LogP contribution in [0.2, 0.25) is 0 Å². The molecule has 5 heteroatoms. The number of benzene rings is 2. The predicted molar refractivity (Wildman–Crippen MR) is 128 cm³/mol. The van der Waals surface area contributed by atoms with Gasteiger partial charge >= 0.3 is 0 Å². The molecule has 1 fully saturated rings. The lowest BCUT2D eigenvalue weighted by atomic mass is 9.74. The van der Waals surface area contributed by atoms with Crippen LogP contribution in [-0.4, -0.2) is 27.1 Å². The first-order valence-corrected chi connectivity index (χ1v) is 11.3. The SMILES string of the molecule is CC1(C)CC(CC(=O)c2ccc(COc3cccc(-c4cn[nH]c4)c3)cc2)CC(C)(C)N1. The van der Waals surface area contributed by atoms with E-state index in [1.807, 2.05) is 54.7 Å². The Balaban J connectivity index is 1.34. The monoisotopic (exact) mass is 431 g/mol. The van der Waals surface area contributed by atoms with Crippen LogP contribution in [0.1, 0.15) is 62.9 Å². The molecular weight excluding hydrogens is 398 g/mol. The number of rotatable bonds is 7. The molecule has 0 aliphatic carbocycles. The number of hydrogen-bond acceptors (Lipinski definition) is 4. The van der Waals surface area contributed by atoms with Crippen molar-refractivity contribution in [2.75, 3.05) is 0 Å². The molecule has 0 spiro atoms. The largest absolute Gasteiger partial charge is 0.489 e. The van der Waals surface area contributed by atoms with Gasteiger partial charge in [0.05, 0.1) is 6.20 Å². The molecule has 0 amide bonds. The van der Waals surface area contributed by atoms with Crippen LogP contribution in [0.4, 0.5) is 0 Å². The summed E-state index contributed by atoms with van der Waals surface area (Å²) in [5.41, 5.74) is 4.02. The van der Waals surface area contributed by atoms with Gasteiger partial charge in [-0.05, 0) is 69.7 Å². The third kappa shape index (κ3) is 5.65. The number of hydrogen-bond donors (Lipinski definition) is 2. The summed E-state index contributed by atoms with van der Waals surface area (Å²) in [6.07, 6.45) is 6.30. The van der Waals surface area contributed by atoms with E-state index in [1.165, 1.54) is 0 Å². The lowest BCUT2D eigenvalue weighted by Crippen LogP contribution is -2.57. The zero-order valence-corrected chi connectivity index (χ0v) is 19.4. The fourth-order valence-corrected chi connectivity index (χ4v) is 5.19. The van der Waals surface area contributed by atoms with Crippen molar-refractivity contribution in [2.45, 2.75) is 64.6 Å². The Hall–Kier alpha value is -2.92. The number of carbonyl (C=O) groups excluding carboxylic acids is 1. The number of carbonyl (C=O) groups is 1.